The molecule has 0 spiro atoms. The highest BCUT2D eigenvalue weighted by atomic mass is 16.7. The molecule has 1 rings (SSSR count). The van der Waals surface area contributed by atoms with Crippen LogP contribution in [0.4, 0.5) is 5.69 Å². The number of rotatable bonds is 1. The molecule has 1 amide bonds. The number of carbonyl (C=O) groups is 2. The van der Waals surface area contributed by atoms with E-state index in [1.807, 2.05) is 6.07 Å². The van der Waals surface area contributed by atoms with Gasteiger partial charge in [-0.2, -0.15) is 0 Å². The lowest BCUT2D eigenvalue weighted by Gasteiger charge is -2.18. The zero-order valence-corrected chi connectivity index (χ0v) is 8.06. The summed E-state index contributed by atoms with van der Waals surface area (Å²) in [4.78, 5) is 26.6. The Bertz CT molecular complexity index is 334. The van der Waals surface area contributed by atoms with Gasteiger partial charge in [0.25, 0.3) is 5.91 Å². The monoisotopic (exact) mass is 193 g/mol. The Morgan fingerprint density at radius 1 is 1.14 bits per heavy atom. The number of benzene rings is 1. The number of para-hydroxylation sites is 1. The summed E-state index contributed by atoms with van der Waals surface area (Å²) in [7, 11) is 0. The van der Waals surface area contributed by atoms with Crippen molar-refractivity contribution in [3.63, 3.8) is 0 Å². The van der Waals surface area contributed by atoms with Crippen LogP contribution in [-0.4, -0.2) is 11.9 Å². The molecule has 0 fully saturated rings. The molecule has 0 saturated heterocycles. The minimum absolute atomic E-state index is 0.341. The molecule has 0 aliphatic rings. The van der Waals surface area contributed by atoms with Crippen LogP contribution in [0.1, 0.15) is 13.8 Å². The summed E-state index contributed by atoms with van der Waals surface area (Å²) in [6.07, 6.45) is 0. The molecule has 0 aliphatic heterocycles. The first-order valence-electron chi connectivity index (χ1n) is 4.15. The Morgan fingerprint density at radius 2 is 1.71 bits per heavy atom. The molecule has 4 heteroatoms. The molecule has 0 aliphatic carbocycles. The average Bonchev–Trinajstić information content (AvgIpc) is 2.15. The van der Waals surface area contributed by atoms with Gasteiger partial charge in [-0.05, 0) is 12.1 Å². The van der Waals surface area contributed by atoms with Crippen molar-refractivity contribution in [1.29, 1.82) is 0 Å². The number of anilines is 1. The summed E-state index contributed by atoms with van der Waals surface area (Å²) in [5, 5.41) is 0.961. The normalized spacial score (nSPS) is 9.29. The van der Waals surface area contributed by atoms with Gasteiger partial charge in [0, 0.05) is 13.8 Å². The van der Waals surface area contributed by atoms with Crippen molar-refractivity contribution >= 4 is 17.6 Å². The highest BCUT2D eigenvalue weighted by Crippen LogP contribution is 2.13. The van der Waals surface area contributed by atoms with Gasteiger partial charge in [-0.3, -0.25) is 4.79 Å². The Morgan fingerprint density at radius 3 is 2.14 bits per heavy atom. The van der Waals surface area contributed by atoms with Crippen LogP contribution in [-0.2, 0) is 14.4 Å². The van der Waals surface area contributed by atoms with Crippen LogP contribution in [0.5, 0.6) is 0 Å². The molecule has 0 saturated carbocycles. The first-order valence-corrected chi connectivity index (χ1v) is 4.15. The first kappa shape index (κ1) is 10.2. The molecule has 0 atom stereocenters. The minimum atomic E-state index is -0.524. The van der Waals surface area contributed by atoms with Crippen LogP contribution >= 0.6 is 0 Å². The fourth-order valence-corrected chi connectivity index (χ4v) is 0.991. The molecule has 1 aromatic carbocycles. The summed E-state index contributed by atoms with van der Waals surface area (Å²) in [6, 6.07) is 8.70. The summed E-state index contributed by atoms with van der Waals surface area (Å²) in [5.41, 5.74) is 0.537. The van der Waals surface area contributed by atoms with E-state index in [9.17, 15) is 9.59 Å². The van der Waals surface area contributed by atoms with Gasteiger partial charge < -0.3 is 4.84 Å². The predicted octanol–water partition coefficient (Wildman–Crippen LogP) is 1.52. The fourth-order valence-electron chi connectivity index (χ4n) is 0.991. The van der Waals surface area contributed by atoms with Crippen molar-refractivity contribution in [3.05, 3.63) is 30.3 Å². The van der Waals surface area contributed by atoms with E-state index in [2.05, 4.69) is 0 Å². The molecule has 0 heterocycles. The fraction of sp³-hybridized carbons (Fsp3) is 0.200. The number of carbonyl (C=O) groups excluding carboxylic acids is 2. The molecule has 14 heavy (non-hydrogen) atoms. The lowest BCUT2D eigenvalue weighted by molar-refractivity contribution is -0.147. The Kier molecular flexibility index (Phi) is 3.23. The summed E-state index contributed by atoms with van der Waals surface area (Å²) in [5.74, 6) is -0.865. The van der Waals surface area contributed by atoms with E-state index in [1.54, 1.807) is 24.3 Å². The topological polar surface area (TPSA) is 46.6 Å². The van der Waals surface area contributed by atoms with E-state index in [-0.39, 0.29) is 5.91 Å². The maximum atomic E-state index is 11.1. The molecule has 0 aromatic heterocycles. The van der Waals surface area contributed by atoms with Crippen molar-refractivity contribution in [2.45, 2.75) is 13.8 Å². The van der Waals surface area contributed by atoms with Gasteiger partial charge in [0.1, 0.15) is 0 Å². The second-order valence-electron chi connectivity index (χ2n) is 2.73. The van der Waals surface area contributed by atoms with E-state index in [4.69, 9.17) is 4.84 Å². The van der Waals surface area contributed by atoms with Crippen molar-refractivity contribution in [2.24, 2.45) is 0 Å². The van der Waals surface area contributed by atoms with Crippen LogP contribution in [0.2, 0.25) is 0 Å². The van der Waals surface area contributed by atoms with Crippen LogP contribution in [0, 0.1) is 0 Å². The second kappa shape index (κ2) is 4.41. The summed E-state index contributed by atoms with van der Waals surface area (Å²) >= 11 is 0. The zero-order chi connectivity index (χ0) is 10.6. The maximum Gasteiger partial charge on any atom is 0.330 e. The lowest BCUT2D eigenvalue weighted by atomic mass is 10.3. The standard InChI is InChI=1S/C10H11NO3/c1-8(12)11(14-9(2)13)10-6-4-3-5-7-10/h3-7H,1-2H3. The van der Waals surface area contributed by atoms with Crippen LogP contribution < -0.4 is 5.06 Å². The molecule has 74 valence electrons. The summed E-state index contributed by atoms with van der Waals surface area (Å²) < 4.78 is 0. The predicted molar refractivity (Wildman–Crippen MR) is 51.4 cm³/mol. The highest BCUT2D eigenvalue weighted by Gasteiger charge is 2.13. The quantitative estimate of drug-likeness (QED) is 0.635. The third-order valence-corrected chi connectivity index (χ3v) is 1.50. The molecular formula is C10H11NO3. The van der Waals surface area contributed by atoms with Crippen molar-refractivity contribution in [1.82, 2.24) is 0 Å². The van der Waals surface area contributed by atoms with E-state index in [0.29, 0.717) is 5.69 Å². The van der Waals surface area contributed by atoms with Gasteiger partial charge in [0.05, 0.1) is 5.69 Å². The molecule has 0 N–H and O–H groups in total. The van der Waals surface area contributed by atoms with Gasteiger partial charge in [-0.15, -0.1) is 5.06 Å². The average molecular weight is 193 g/mol. The SMILES string of the molecule is CC(=O)ON(C(C)=O)c1ccccc1. The van der Waals surface area contributed by atoms with Gasteiger partial charge >= 0.3 is 5.97 Å². The Hall–Kier alpha value is -1.84. The van der Waals surface area contributed by atoms with E-state index >= 15 is 0 Å². The van der Waals surface area contributed by atoms with Crippen molar-refractivity contribution < 1.29 is 14.4 Å². The van der Waals surface area contributed by atoms with Crippen molar-refractivity contribution in [3.8, 4) is 0 Å². The summed E-state index contributed by atoms with van der Waals surface area (Å²) in [6.45, 7) is 2.58. The number of amides is 1. The number of nitrogens with zero attached hydrogens (tertiary/aromatic N) is 1. The Balaban J connectivity index is 2.89. The lowest BCUT2D eigenvalue weighted by Crippen LogP contribution is -2.30. The molecule has 1 aromatic rings. The van der Waals surface area contributed by atoms with Gasteiger partial charge in [-0.1, -0.05) is 18.2 Å². The van der Waals surface area contributed by atoms with Crippen LogP contribution in [0.25, 0.3) is 0 Å². The van der Waals surface area contributed by atoms with Gasteiger partial charge in [0.2, 0.25) is 0 Å². The third-order valence-electron chi connectivity index (χ3n) is 1.50. The van der Waals surface area contributed by atoms with E-state index in [1.165, 1.54) is 13.8 Å². The van der Waals surface area contributed by atoms with Gasteiger partial charge in [-0.25, -0.2) is 4.79 Å². The van der Waals surface area contributed by atoms with E-state index in [0.717, 1.165) is 5.06 Å². The largest absolute Gasteiger partial charge is 0.334 e. The minimum Gasteiger partial charge on any atom is -0.334 e. The first-order chi connectivity index (χ1) is 6.61. The smallest absolute Gasteiger partial charge is 0.330 e. The molecule has 0 radical (unpaired) electrons. The molecule has 0 bridgehead atoms. The van der Waals surface area contributed by atoms with E-state index < -0.39 is 5.97 Å². The highest BCUT2D eigenvalue weighted by molar-refractivity contribution is 5.91. The van der Waals surface area contributed by atoms with Crippen molar-refractivity contribution in [2.75, 3.05) is 5.06 Å². The Labute approximate surface area is 82.0 Å². The van der Waals surface area contributed by atoms with Crippen LogP contribution in [0.15, 0.2) is 30.3 Å². The zero-order valence-electron chi connectivity index (χ0n) is 8.06. The van der Waals surface area contributed by atoms with Gasteiger partial charge in [0.15, 0.2) is 0 Å². The number of hydrogen-bond acceptors (Lipinski definition) is 3. The van der Waals surface area contributed by atoms with Crippen LogP contribution in [0.3, 0.4) is 0 Å². The molecule has 0 unspecified atom stereocenters. The number of hydrogen-bond donors (Lipinski definition) is 0. The molecule has 4 nitrogen and oxygen atoms in total. The number of hydroxylamine groups is 1. The maximum absolute atomic E-state index is 11.1. The molecular weight excluding hydrogens is 182 g/mol. The second-order valence-corrected chi connectivity index (χ2v) is 2.73. The third kappa shape index (κ3) is 2.58.